The van der Waals surface area contributed by atoms with Crippen LogP contribution in [-0.2, 0) is 17.8 Å². The molecular formula is C35H41F2N7O2. The van der Waals surface area contributed by atoms with Gasteiger partial charge in [0.2, 0.25) is 5.91 Å². The van der Waals surface area contributed by atoms with E-state index >= 15 is 0 Å². The van der Waals surface area contributed by atoms with Crippen molar-refractivity contribution in [2.45, 2.75) is 57.5 Å². The van der Waals surface area contributed by atoms with Crippen molar-refractivity contribution in [1.29, 1.82) is 5.26 Å². The van der Waals surface area contributed by atoms with Gasteiger partial charge in [-0.2, -0.15) is 15.2 Å². The molecule has 6 rings (SSSR count). The Kier molecular flexibility index (Phi) is 9.36. The maximum Gasteiger partial charge on any atom is 0.318 e. The molecule has 1 amide bonds. The number of ether oxygens (including phenoxy) is 1. The lowest BCUT2D eigenvalue weighted by molar-refractivity contribution is -0.128. The highest BCUT2D eigenvalue weighted by Gasteiger charge is 2.35. The van der Waals surface area contributed by atoms with E-state index in [1.165, 1.54) is 28.1 Å². The average molecular weight is 630 g/mol. The van der Waals surface area contributed by atoms with Gasteiger partial charge in [0.15, 0.2) is 0 Å². The van der Waals surface area contributed by atoms with E-state index in [0.29, 0.717) is 45.8 Å². The molecule has 1 unspecified atom stereocenters. The van der Waals surface area contributed by atoms with Crippen LogP contribution < -0.4 is 14.5 Å². The summed E-state index contributed by atoms with van der Waals surface area (Å²) in [5, 5.41) is 12.0. The number of carbonyl (C=O) groups is 1. The number of piperazine rings is 1. The van der Waals surface area contributed by atoms with Gasteiger partial charge in [-0.3, -0.25) is 9.69 Å². The maximum absolute atomic E-state index is 13.7. The third kappa shape index (κ3) is 6.77. The second-order valence-electron chi connectivity index (χ2n) is 12.5. The summed E-state index contributed by atoms with van der Waals surface area (Å²) < 4.78 is 33.5. The van der Waals surface area contributed by atoms with Crippen molar-refractivity contribution in [1.82, 2.24) is 19.8 Å². The molecular weight excluding hydrogens is 588 g/mol. The summed E-state index contributed by atoms with van der Waals surface area (Å²) in [5.74, 6) is -1.99. The standard InChI is InChI=1S/C35H41F2N7O2/c1-3-31(45)44-20-19-43(23-27(44)12-15-38)33-28-10-6-16-42(30-11-5-9-26-8-4-7-25(2)32(26)30)24-29(28)39-34(40-33)46-22-21-41-17-13-35(36,37)14-18-41/h3-5,7-9,11,27H,1,6,10,12-14,16-24H2,2H3. The molecule has 9 nitrogen and oxygen atoms in total. The lowest BCUT2D eigenvalue weighted by Gasteiger charge is -2.41. The number of amides is 1. The van der Waals surface area contributed by atoms with Crippen LogP contribution in [0.4, 0.5) is 20.3 Å². The number of hydrogen-bond donors (Lipinski definition) is 0. The monoisotopic (exact) mass is 629 g/mol. The highest BCUT2D eigenvalue weighted by molar-refractivity contribution is 5.97. The van der Waals surface area contributed by atoms with Crippen molar-refractivity contribution in [3.63, 3.8) is 0 Å². The molecule has 4 heterocycles. The van der Waals surface area contributed by atoms with Gasteiger partial charge >= 0.3 is 6.01 Å². The number of rotatable bonds is 8. The van der Waals surface area contributed by atoms with Crippen molar-refractivity contribution in [2.24, 2.45) is 0 Å². The molecule has 0 aliphatic carbocycles. The molecule has 2 aromatic carbocycles. The predicted octanol–water partition coefficient (Wildman–Crippen LogP) is 5.12. The Labute approximate surface area is 269 Å². The topological polar surface area (TPSA) is 88.8 Å². The van der Waals surface area contributed by atoms with E-state index in [-0.39, 0.29) is 43.8 Å². The van der Waals surface area contributed by atoms with Crippen LogP contribution in [0, 0.1) is 18.3 Å². The van der Waals surface area contributed by atoms with E-state index in [1.54, 1.807) is 4.90 Å². The van der Waals surface area contributed by atoms with Gasteiger partial charge in [-0.1, -0.05) is 36.9 Å². The molecule has 0 N–H and O–H groups in total. The number of piperidine rings is 1. The quantitative estimate of drug-likeness (QED) is 0.318. The SMILES string of the molecule is C=CC(=O)N1CCN(c2nc(OCCN3CCC(F)(F)CC3)nc3c2CCCN(c2cccc4cccc(C)c24)C3)CC1CC#N. The summed E-state index contributed by atoms with van der Waals surface area (Å²) in [5.41, 5.74) is 4.33. The first-order valence-electron chi connectivity index (χ1n) is 16.2. The number of benzene rings is 2. The number of nitriles is 1. The zero-order valence-corrected chi connectivity index (χ0v) is 26.4. The van der Waals surface area contributed by atoms with Gasteiger partial charge in [-0.25, -0.2) is 8.78 Å². The first-order valence-corrected chi connectivity index (χ1v) is 16.2. The van der Waals surface area contributed by atoms with Crippen molar-refractivity contribution in [3.8, 4) is 12.1 Å². The van der Waals surface area contributed by atoms with Gasteiger partial charge in [0.05, 0.1) is 30.8 Å². The molecule has 1 atom stereocenters. The van der Waals surface area contributed by atoms with E-state index < -0.39 is 5.92 Å². The minimum Gasteiger partial charge on any atom is -0.462 e. The first kappa shape index (κ1) is 31.7. The fourth-order valence-electron chi connectivity index (χ4n) is 6.99. The van der Waals surface area contributed by atoms with Crippen LogP contribution in [0.15, 0.2) is 49.1 Å². The summed E-state index contributed by atoms with van der Waals surface area (Å²) in [4.78, 5) is 30.7. The number of fused-ring (bicyclic) bond motifs is 2. The molecule has 0 spiro atoms. The second-order valence-corrected chi connectivity index (χ2v) is 12.5. The van der Waals surface area contributed by atoms with E-state index in [1.807, 2.05) is 4.90 Å². The van der Waals surface area contributed by atoms with Gasteiger partial charge < -0.3 is 19.4 Å². The van der Waals surface area contributed by atoms with E-state index in [0.717, 1.165) is 36.5 Å². The van der Waals surface area contributed by atoms with Crippen LogP contribution in [0.3, 0.4) is 0 Å². The number of nitrogens with zero attached hydrogens (tertiary/aromatic N) is 7. The zero-order valence-electron chi connectivity index (χ0n) is 26.4. The summed E-state index contributed by atoms with van der Waals surface area (Å²) in [6, 6.07) is 15.0. The van der Waals surface area contributed by atoms with Crippen LogP contribution in [0.1, 0.15) is 42.5 Å². The minimum absolute atomic E-state index is 0.139. The fourth-order valence-corrected chi connectivity index (χ4v) is 6.99. The average Bonchev–Trinajstić information content (AvgIpc) is 3.27. The fraction of sp³-hybridized carbons (Fsp3) is 0.486. The largest absolute Gasteiger partial charge is 0.462 e. The lowest BCUT2D eigenvalue weighted by Crippen LogP contribution is -2.55. The van der Waals surface area contributed by atoms with Gasteiger partial charge in [-0.15, -0.1) is 0 Å². The Balaban J connectivity index is 1.31. The summed E-state index contributed by atoms with van der Waals surface area (Å²) >= 11 is 0. The number of halogens is 2. The van der Waals surface area contributed by atoms with Crippen LogP contribution in [0.25, 0.3) is 10.8 Å². The molecule has 3 aliphatic heterocycles. The number of likely N-dealkylation sites (tertiary alicyclic amines) is 1. The van der Waals surface area contributed by atoms with Crippen LogP contribution in [-0.4, -0.2) is 90.1 Å². The van der Waals surface area contributed by atoms with E-state index in [9.17, 15) is 18.8 Å². The lowest BCUT2D eigenvalue weighted by atomic mass is 10.0. The van der Waals surface area contributed by atoms with Gasteiger partial charge in [-0.05, 0) is 42.9 Å². The Morgan fingerprint density at radius 1 is 1.11 bits per heavy atom. The van der Waals surface area contributed by atoms with Crippen molar-refractivity contribution < 1.29 is 18.3 Å². The molecule has 11 heteroatoms. The second kappa shape index (κ2) is 13.6. The molecule has 2 saturated heterocycles. The normalized spacial score (nSPS) is 20.1. The zero-order chi connectivity index (χ0) is 32.3. The molecule has 46 heavy (non-hydrogen) atoms. The highest BCUT2D eigenvalue weighted by atomic mass is 19.3. The van der Waals surface area contributed by atoms with Gasteiger partial charge in [0.25, 0.3) is 5.92 Å². The molecule has 0 radical (unpaired) electrons. The predicted molar refractivity (Wildman–Crippen MR) is 174 cm³/mol. The van der Waals surface area contributed by atoms with Crippen LogP contribution in [0.5, 0.6) is 6.01 Å². The summed E-state index contributed by atoms with van der Waals surface area (Å²) in [6.45, 7) is 10.1. The maximum atomic E-state index is 13.7. The van der Waals surface area contributed by atoms with Crippen molar-refractivity contribution in [2.75, 3.05) is 62.2 Å². The minimum atomic E-state index is -2.59. The van der Waals surface area contributed by atoms with Crippen molar-refractivity contribution >= 4 is 28.2 Å². The molecule has 0 bridgehead atoms. The van der Waals surface area contributed by atoms with Gasteiger partial charge in [0.1, 0.15) is 12.4 Å². The van der Waals surface area contributed by atoms with Crippen LogP contribution >= 0.6 is 0 Å². The number of carbonyl (C=O) groups excluding carboxylic acids is 1. The number of aromatic nitrogens is 2. The molecule has 3 aromatic rings. The van der Waals surface area contributed by atoms with Crippen LogP contribution in [0.2, 0.25) is 0 Å². The smallest absolute Gasteiger partial charge is 0.318 e. The van der Waals surface area contributed by atoms with Gasteiger partial charge in [0, 0.05) is 75.3 Å². The Hall–Kier alpha value is -4.30. The highest BCUT2D eigenvalue weighted by Crippen LogP contribution is 2.35. The molecule has 2 fully saturated rings. The third-order valence-electron chi connectivity index (χ3n) is 9.47. The number of hydrogen-bond acceptors (Lipinski definition) is 8. The van der Waals surface area contributed by atoms with E-state index in [2.05, 4.69) is 65.8 Å². The summed E-state index contributed by atoms with van der Waals surface area (Å²) in [7, 11) is 0. The number of anilines is 2. The Morgan fingerprint density at radius 2 is 1.89 bits per heavy atom. The molecule has 3 aliphatic rings. The first-order chi connectivity index (χ1) is 22.3. The van der Waals surface area contributed by atoms with Crippen molar-refractivity contribution in [3.05, 3.63) is 65.9 Å². The molecule has 0 saturated carbocycles. The molecule has 242 valence electrons. The number of alkyl halides is 2. The Morgan fingerprint density at radius 3 is 2.65 bits per heavy atom. The third-order valence-corrected chi connectivity index (χ3v) is 9.47. The summed E-state index contributed by atoms with van der Waals surface area (Å²) in [6.07, 6.45) is 2.91. The van der Waals surface area contributed by atoms with E-state index in [4.69, 9.17) is 14.7 Å². The molecule has 1 aromatic heterocycles. The Bertz CT molecular complexity index is 1630. The number of aryl methyl sites for hydroxylation is 1.